The van der Waals surface area contributed by atoms with Crippen LogP contribution in [-0.2, 0) is 0 Å². The second-order valence-electron chi connectivity index (χ2n) is 4.56. The Hall–Kier alpha value is -1.76. The maximum absolute atomic E-state index is 13.5. The average Bonchev–Trinajstić information content (AvgIpc) is 2.19. The fraction of sp³-hybridized carbons (Fsp3) is 0.455. The summed E-state index contributed by atoms with van der Waals surface area (Å²) in [6, 6.07) is 0.519. The van der Waals surface area contributed by atoms with Gasteiger partial charge in [0.05, 0.1) is 22.6 Å². The molecule has 1 rings (SSSR count). The Morgan fingerprint density at radius 1 is 1.44 bits per heavy atom. The molecule has 0 saturated carbocycles. The highest BCUT2D eigenvalue weighted by molar-refractivity contribution is 5.63. The predicted molar refractivity (Wildman–Crippen MR) is 62.4 cm³/mol. The van der Waals surface area contributed by atoms with Crippen molar-refractivity contribution in [2.24, 2.45) is 0 Å². The van der Waals surface area contributed by atoms with E-state index in [4.69, 9.17) is 0 Å². The number of halogens is 2. The van der Waals surface area contributed by atoms with Gasteiger partial charge in [-0.05, 0) is 20.8 Å². The van der Waals surface area contributed by atoms with Crippen LogP contribution in [0.15, 0.2) is 12.1 Å². The third-order valence-electron chi connectivity index (χ3n) is 2.65. The van der Waals surface area contributed by atoms with Crippen LogP contribution in [0.3, 0.4) is 0 Å². The molecule has 5 nitrogen and oxygen atoms in total. The summed E-state index contributed by atoms with van der Waals surface area (Å²) in [5.74, 6) is -2.10. The Bertz CT molecular complexity index is 472. The van der Waals surface area contributed by atoms with E-state index in [0.717, 1.165) is 0 Å². The highest BCUT2D eigenvalue weighted by atomic mass is 19.1. The molecule has 100 valence electrons. The first-order valence-electron chi connectivity index (χ1n) is 5.25. The molecule has 0 aliphatic carbocycles. The summed E-state index contributed by atoms with van der Waals surface area (Å²) in [6.45, 7) is 4.47. The zero-order valence-corrected chi connectivity index (χ0v) is 10.2. The van der Waals surface area contributed by atoms with Crippen molar-refractivity contribution in [3.05, 3.63) is 33.9 Å². The van der Waals surface area contributed by atoms with Gasteiger partial charge in [-0.2, -0.15) is 0 Å². The van der Waals surface area contributed by atoms with E-state index in [2.05, 4.69) is 5.32 Å². The molecule has 1 atom stereocenters. The smallest absolute Gasteiger partial charge is 0.298 e. The number of hydrogen-bond donors (Lipinski definition) is 2. The van der Waals surface area contributed by atoms with E-state index in [1.54, 1.807) is 0 Å². The molecule has 0 saturated heterocycles. The predicted octanol–water partition coefficient (Wildman–Crippen LogP) is 2.44. The largest absolute Gasteiger partial charge is 0.388 e. The minimum atomic E-state index is -1.21. The number of benzene rings is 1. The van der Waals surface area contributed by atoms with Gasteiger partial charge in [0.15, 0.2) is 5.82 Å². The summed E-state index contributed by atoms with van der Waals surface area (Å²) in [6.07, 6.45) is 0. The van der Waals surface area contributed by atoms with Crippen LogP contribution < -0.4 is 5.32 Å². The Kier molecular flexibility index (Phi) is 3.85. The van der Waals surface area contributed by atoms with Crippen LogP contribution in [-0.4, -0.2) is 21.7 Å². The molecule has 0 aliphatic rings. The molecule has 18 heavy (non-hydrogen) atoms. The third kappa shape index (κ3) is 3.13. The molecule has 0 spiro atoms. The van der Waals surface area contributed by atoms with Crippen LogP contribution in [0.1, 0.15) is 20.8 Å². The number of nitro benzene ring substituents is 1. The van der Waals surface area contributed by atoms with Crippen LogP contribution in [0.2, 0.25) is 0 Å². The lowest BCUT2D eigenvalue weighted by atomic mass is 10.0. The number of aliphatic hydroxyl groups is 1. The first-order chi connectivity index (χ1) is 8.12. The van der Waals surface area contributed by atoms with E-state index in [-0.39, 0.29) is 0 Å². The van der Waals surface area contributed by atoms with Crippen LogP contribution in [0.4, 0.5) is 20.2 Å². The van der Waals surface area contributed by atoms with Crippen LogP contribution in [0.25, 0.3) is 0 Å². The summed E-state index contributed by atoms with van der Waals surface area (Å²) < 4.78 is 26.4. The number of nitrogens with one attached hydrogen (secondary N) is 1. The number of anilines is 1. The zero-order chi connectivity index (χ0) is 14.1. The Balaban J connectivity index is 3.20. The topological polar surface area (TPSA) is 75.4 Å². The number of nitro groups is 1. The molecule has 0 aromatic heterocycles. The fourth-order valence-electron chi connectivity index (χ4n) is 1.24. The molecule has 0 radical (unpaired) electrons. The van der Waals surface area contributed by atoms with Crippen LogP contribution in [0, 0.1) is 21.7 Å². The van der Waals surface area contributed by atoms with Crippen molar-refractivity contribution in [3.8, 4) is 0 Å². The van der Waals surface area contributed by atoms with Gasteiger partial charge in [0.25, 0.3) is 5.69 Å². The molecule has 2 N–H and O–H groups in total. The highest BCUT2D eigenvalue weighted by Crippen LogP contribution is 2.30. The van der Waals surface area contributed by atoms with E-state index in [1.165, 1.54) is 20.8 Å². The van der Waals surface area contributed by atoms with Gasteiger partial charge in [-0.25, -0.2) is 8.78 Å². The van der Waals surface area contributed by atoms with Crippen LogP contribution in [0.5, 0.6) is 0 Å². The number of rotatable bonds is 4. The lowest BCUT2D eigenvalue weighted by Crippen LogP contribution is -2.39. The third-order valence-corrected chi connectivity index (χ3v) is 2.65. The second-order valence-corrected chi connectivity index (χ2v) is 4.56. The normalized spacial score (nSPS) is 13.2. The highest BCUT2D eigenvalue weighted by Gasteiger charge is 2.27. The quantitative estimate of drug-likeness (QED) is 0.644. The van der Waals surface area contributed by atoms with Gasteiger partial charge in [-0.1, -0.05) is 0 Å². The van der Waals surface area contributed by atoms with Crippen molar-refractivity contribution in [2.45, 2.75) is 32.4 Å². The van der Waals surface area contributed by atoms with Crippen molar-refractivity contribution in [1.29, 1.82) is 0 Å². The van der Waals surface area contributed by atoms with Crippen molar-refractivity contribution in [3.63, 3.8) is 0 Å². The van der Waals surface area contributed by atoms with Crippen molar-refractivity contribution >= 4 is 11.4 Å². The van der Waals surface area contributed by atoms with Gasteiger partial charge < -0.3 is 10.4 Å². The lowest BCUT2D eigenvalue weighted by Gasteiger charge is -2.27. The molecular weight excluding hydrogens is 246 g/mol. The molecule has 0 fully saturated rings. The molecule has 1 aromatic carbocycles. The van der Waals surface area contributed by atoms with Gasteiger partial charge in [0.2, 0.25) is 0 Å². The number of hydrogen-bond acceptors (Lipinski definition) is 4. The Morgan fingerprint density at radius 2 is 2.00 bits per heavy atom. The Morgan fingerprint density at radius 3 is 2.44 bits per heavy atom. The van der Waals surface area contributed by atoms with Gasteiger partial charge in [-0.15, -0.1) is 0 Å². The van der Waals surface area contributed by atoms with Crippen molar-refractivity contribution in [2.75, 3.05) is 5.32 Å². The lowest BCUT2D eigenvalue weighted by molar-refractivity contribution is -0.384. The fourth-order valence-corrected chi connectivity index (χ4v) is 1.24. The van der Waals surface area contributed by atoms with E-state index >= 15 is 0 Å². The van der Waals surface area contributed by atoms with E-state index < -0.39 is 39.6 Å². The van der Waals surface area contributed by atoms with Gasteiger partial charge in [0.1, 0.15) is 11.5 Å². The first-order valence-corrected chi connectivity index (χ1v) is 5.25. The average molecular weight is 260 g/mol. The molecule has 0 bridgehead atoms. The molecule has 0 amide bonds. The molecule has 1 unspecified atom stereocenters. The van der Waals surface area contributed by atoms with E-state index in [1.807, 2.05) is 0 Å². The summed E-state index contributed by atoms with van der Waals surface area (Å²) >= 11 is 0. The van der Waals surface area contributed by atoms with Gasteiger partial charge in [0, 0.05) is 6.07 Å². The SMILES string of the molecule is CC(Nc1c(F)cc(F)cc1[N+](=O)[O-])C(C)(C)O. The van der Waals surface area contributed by atoms with E-state index in [9.17, 15) is 24.0 Å². The minimum Gasteiger partial charge on any atom is -0.388 e. The molecular formula is C11H14F2N2O3. The van der Waals surface area contributed by atoms with Gasteiger partial charge in [-0.3, -0.25) is 10.1 Å². The summed E-state index contributed by atoms with van der Waals surface area (Å²) in [5, 5.41) is 22.9. The monoisotopic (exact) mass is 260 g/mol. The minimum absolute atomic E-state index is 0.434. The number of nitrogens with zero attached hydrogens (tertiary/aromatic N) is 1. The summed E-state index contributed by atoms with van der Waals surface area (Å²) in [5.41, 5.74) is -2.35. The summed E-state index contributed by atoms with van der Waals surface area (Å²) in [4.78, 5) is 9.84. The maximum Gasteiger partial charge on any atom is 0.298 e. The maximum atomic E-state index is 13.5. The van der Waals surface area contributed by atoms with E-state index in [0.29, 0.717) is 12.1 Å². The zero-order valence-electron chi connectivity index (χ0n) is 10.2. The molecule has 1 aromatic rings. The van der Waals surface area contributed by atoms with Crippen LogP contribution >= 0.6 is 0 Å². The first kappa shape index (κ1) is 14.3. The second kappa shape index (κ2) is 4.85. The molecule has 0 heterocycles. The van der Waals surface area contributed by atoms with Crippen molar-refractivity contribution < 1.29 is 18.8 Å². The molecule has 7 heteroatoms. The molecule has 0 aliphatic heterocycles. The van der Waals surface area contributed by atoms with Crippen molar-refractivity contribution in [1.82, 2.24) is 0 Å². The standard InChI is InChI=1S/C11H14F2N2O3/c1-6(11(2,3)16)14-10-8(13)4-7(12)5-9(10)15(17)18/h4-6,14,16H,1-3H3. The summed E-state index contributed by atoms with van der Waals surface area (Å²) in [7, 11) is 0. The van der Waals surface area contributed by atoms with Gasteiger partial charge >= 0.3 is 0 Å². The Labute approximate surface area is 103 Å².